The van der Waals surface area contributed by atoms with Crippen molar-refractivity contribution in [2.24, 2.45) is 0 Å². The van der Waals surface area contributed by atoms with Crippen LogP contribution in [0.1, 0.15) is 12.7 Å². The van der Waals surface area contributed by atoms with Crippen molar-refractivity contribution in [1.29, 1.82) is 0 Å². The van der Waals surface area contributed by atoms with E-state index in [9.17, 15) is 0 Å². The second kappa shape index (κ2) is 4.14. The Bertz CT molecular complexity index is 221. The lowest BCUT2D eigenvalue weighted by molar-refractivity contribution is 0.392. The molecule has 62 valence electrons. The quantitative estimate of drug-likeness (QED) is 0.691. The number of hydrogen-bond donors (Lipinski definition) is 0. The molecule has 1 rings (SSSR count). The van der Waals surface area contributed by atoms with Gasteiger partial charge in [0.05, 0.1) is 7.11 Å². The van der Waals surface area contributed by atoms with Gasteiger partial charge in [-0.15, -0.1) is 0 Å². The Balaban J connectivity index is 3.12. The van der Waals surface area contributed by atoms with Crippen molar-refractivity contribution in [3.63, 3.8) is 0 Å². The lowest BCUT2D eigenvalue weighted by atomic mass is 10.3. The van der Waals surface area contributed by atoms with Gasteiger partial charge in [-0.05, 0) is 0 Å². The SMILES string of the molecule is CCc1o[pH]occc1OC. The zero-order valence-corrected chi connectivity index (χ0v) is 7.59. The van der Waals surface area contributed by atoms with Crippen LogP contribution in [0.15, 0.2) is 20.7 Å². The highest BCUT2D eigenvalue weighted by molar-refractivity contribution is 7.15. The van der Waals surface area contributed by atoms with Crippen molar-refractivity contribution in [3.05, 3.63) is 18.1 Å². The van der Waals surface area contributed by atoms with Crippen LogP contribution in [0.25, 0.3) is 0 Å². The van der Waals surface area contributed by atoms with Crippen LogP contribution < -0.4 is 4.74 Å². The zero-order valence-electron chi connectivity index (χ0n) is 6.59. The Morgan fingerprint density at radius 2 is 2.45 bits per heavy atom. The van der Waals surface area contributed by atoms with Crippen molar-refractivity contribution in [3.8, 4) is 5.75 Å². The van der Waals surface area contributed by atoms with Crippen LogP contribution in [-0.2, 0) is 6.42 Å². The van der Waals surface area contributed by atoms with Crippen LogP contribution in [0.4, 0.5) is 0 Å². The molecule has 1 atom stereocenters. The standard InChI is InChI=1S/C7H11O3P/c1-3-6-7(8-2)4-5-9-11-10-6/h4-5,11H,3H2,1-2H3. The molecule has 0 N–H and O–H groups in total. The second-order valence-electron chi connectivity index (χ2n) is 1.95. The Labute approximate surface area is 66.9 Å². The van der Waals surface area contributed by atoms with E-state index in [1.165, 1.54) is 0 Å². The molecular weight excluding hydrogens is 163 g/mol. The van der Waals surface area contributed by atoms with E-state index in [1.54, 1.807) is 19.4 Å². The molecule has 0 saturated heterocycles. The van der Waals surface area contributed by atoms with Gasteiger partial charge in [-0.1, -0.05) is 6.92 Å². The minimum atomic E-state index is 0.0462. The molecular formula is C7H11O3P. The Morgan fingerprint density at radius 3 is 3.09 bits per heavy atom. The van der Waals surface area contributed by atoms with E-state index < -0.39 is 0 Å². The minimum absolute atomic E-state index is 0.0462. The number of ether oxygens (including phenoxy) is 1. The molecule has 0 aliphatic rings. The van der Waals surface area contributed by atoms with Crippen LogP contribution >= 0.6 is 8.67 Å². The third-order valence-electron chi connectivity index (χ3n) is 1.32. The highest BCUT2D eigenvalue weighted by atomic mass is 31.1. The van der Waals surface area contributed by atoms with Gasteiger partial charge in [-0.2, -0.15) is 0 Å². The van der Waals surface area contributed by atoms with Crippen LogP contribution in [0.3, 0.4) is 0 Å². The molecule has 1 aromatic rings. The molecule has 11 heavy (non-hydrogen) atoms. The first-order chi connectivity index (χ1) is 5.38. The average Bonchev–Trinajstić information content (AvgIpc) is 2.27. The summed E-state index contributed by atoms with van der Waals surface area (Å²) in [5.41, 5.74) is 0. The largest absolute Gasteiger partial charge is 0.493 e. The minimum Gasteiger partial charge on any atom is -0.493 e. The summed E-state index contributed by atoms with van der Waals surface area (Å²) in [7, 11) is 1.66. The molecule has 1 aromatic heterocycles. The van der Waals surface area contributed by atoms with Crippen molar-refractivity contribution in [2.45, 2.75) is 13.3 Å². The Kier molecular flexibility index (Phi) is 3.12. The van der Waals surface area contributed by atoms with Gasteiger partial charge in [0, 0.05) is 12.5 Å². The lowest BCUT2D eigenvalue weighted by Crippen LogP contribution is -1.85. The summed E-state index contributed by atoms with van der Waals surface area (Å²) in [6, 6.07) is 1.76. The molecule has 0 radical (unpaired) electrons. The van der Waals surface area contributed by atoms with E-state index in [2.05, 4.69) is 0 Å². The second-order valence-corrected chi connectivity index (χ2v) is 2.56. The van der Waals surface area contributed by atoms with Crippen LogP contribution in [0.5, 0.6) is 5.75 Å². The summed E-state index contributed by atoms with van der Waals surface area (Å²) in [6.45, 7) is 2.01. The highest BCUT2D eigenvalue weighted by Crippen LogP contribution is 2.19. The predicted octanol–water partition coefficient (Wildman–Crippen LogP) is 2.60. The maximum atomic E-state index is 5.25. The van der Waals surface area contributed by atoms with Crippen molar-refractivity contribution >= 4 is 8.67 Å². The summed E-state index contributed by atoms with van der Waals surface area (Å²) in [5.74, 6) is 1.59. The molecule has 0 aliphatic carbocycles. The van der Waals surface area contributed by atoms with Gasteiger partial charge in [0.1, 0.15) is 6.26 Å². The van der Waals surface area contributed by atoms with Crippen LogP contribution in [-0.4, -0.2) is 7.11 Å². The summed E-state index contributed by atoms with van der Waals surface area (Å²) < 4.78 is 15.3. The van der Waals surface area contributed by atoms with Gasteiger partial charge in [-0.25, -0.2) is 0 Å². The molecule has 3 nitrogen and oxygen atoms in total. The topological polar surface area (TPSA) is 35.5 Å². The van der Waals surface area contributed by atoms with E-state index in [1.807, 2.05) is 6.92 Å². The number of methoxy groups -OCH3 is 1. The smallest absolute Gasteiger partial charge is 0.200 e. The normalized spacial score (nSPS) is 10.0. The van der Waals surface area contributed by atoms with Gasteiger partial charge in [-0.3, -0.25) is 0 Å². The fourth-order valence-electron chi connectivity index (χ4n) is 0.769. The van der Waals surface area contributed by atoms with E-state index in [0.717, 1.165) is 17.9 Å². The summed E-state index contributed by atoms with van der Waals surface area (Å²) in [4.78, 5) is 0. The monoisotopic (exact) mass is 174 g/mol. The fraction of sp³-hybridized carbons (Fsp3) is 0.429. The highest BCUT2D eigenvalue weighted by Gasteiger charge is 1.98. The lowest BCUT2D eigenvalue weighted by Gasteiger charge is -1.97. The Morgan fingerprint density at radius 1 is 1.64 bits per heavy atom. The number of hydrogen-bond acceptors (Lipinski definition) is 3. The molecule has 0 spiro atoms. The summed E-state index contributed by atoms with van der Waals surface area (Å²) in [5, 5.41) is 0. The van der Waals surface area contributed by atoms with Gasteiger partial charge in [0.2, 0.25) is 8.67 Å². The Hall–Kier alpha value is -0.820. The first-order valence-electron chi connectivity index (χ1n) is 3.39. The van der Waals surface area contributed by atoms with Gasteiger partial charge >= 0.3 is 0 Å². The molecule has 1 unspecified atom stereocenters. The van der Waals surface area contributed by atoms with Gasteiger partial charge < -0.3 is 13.1 Å². The van der Waals surface area contributed by atoms with Crippen molar-refractivity contribution < 1.29 is 13.1 Å². The van der Waals surface area contributed by atoms with Gasteiger partial charge in [0.25, 0.3) is 0 Å². The average molecular weight is 174 g/mol. The van der Waals surface area contributed by atoms with Crippen LogP contribution in [0.2, 0.25) is 0 Å². The fourth-order valence-corrected chi connectivity index (χ4v) is 1.29. The molecule has 4 heteroatoms. The molecule has 0 saturated carbocycles. The number of rotatable bonds is 2. The molecule has 1 heterocycles. The molecule has 0 bridgehead atoms. The van der Waals surface area contributed by atoms with E-state index in [-0.39, 0.29) is 8.67 Å². The molecule has 0 aliphatic heterocycles. The van der Waals surface area contributed by atoms with E-state index in [4.69, 9.17) is 13.1 Å². The van der Waals surface area contributed by atoms with Crippen molar-refractivity contribution in [1.82, 2.24) is 0 Å². The third-order valence-corrected chi connectivity index (χ3v) is 1.88. The first kappa shape index (κ1) is 8.28. The van der Waals surface area contributed by atoms with Gasteiger partial charge in [0.15, 0.2) is 11.5 Å². The third kappa shape index (κ3) is 2.05. The summed E-state index contributed by atoms with van der Waals surface area (Å²) in [6.07, 6.45) is 2.41. The zero-order chi connectivity index (χ0) is 8.10. The maximum Gasteiger partial charge on any atom is 0.200 e. The van der Waals surface area contributed by atoms with Crippen LogP contribution in [0, 0.1) is 0 Å². The van der Waals surface area contributed by atoms with Crippen molar-refractivity contribution in [2.75, 3.05) is 7.11 Å². The molecule has 0 aromatic carbocycles. The van der Waals surface area contributed by atoms with E-state index >= 15 is 0 Å². The number of aryl methyl sites for hydroxylation is 1. The predicted molar refractivity (Wildman–Crippen MR) is 44.0 cm³/mol. The van der Waals surface area contributed by atoms with E-state index in [0.29, 0.717) is 0 Å². The maximum absolute atomic E-state index is 5.25. The molecule has 0 amide bonds. The first-order valence-corrected chi connectivity index (χ1v) is 4.21. The molecule has 0 fully saturated rings. The summed E-state index contributed by atoms with van der Waals surface area (Å²) >= 11 is 0.